The quantitative estimate of drug-likeness (QED) is 0.886. The van der Waals surface area contributed by atoms with Crippen LogP contribution in [0.3, 0.4) is 0 Å². The van der Waals surface area contributed by atoms with Gasteiger partial charge in [0.2, 0.25) is 0 Å². The van der Waals surface area contributed by atoms with E-state index in [1.165, 1.54) is 12.8 Å². The summed E-state index contributed by atoms with van der Waals surface area (Å²) in [5, 5.41) is 2.88. The molecule has 1 aliphatic rings. The standard InChI is InChI=1S/C19H25N3O2/c1-15-8-12-22(13-9-15)14-17-5-6-18(24-17)19(23)21-11-7-16-4-2-3-10-20-16/h2-6,10,15H,7-9,11-14H2,1H3,(H,21,23). The number of nitrogens with one attached hydrogen (secondary N) is 1. The van der Waals surface area contributed by atoms with Gasteiger partial charge in [0.1, 0.15) is 5.76 Å². The van der Waals surface area contributed by atoms with E-state index in [0.717, 1.165) is 37.0 Å². The third-order valence-corrected chi connectivity index (χ3v) is 4.53. The molecule has 3 rings (SSSR count). The Morgan fingerprint density at radius 1 is 1.29 bits per heavy atom. The number of carbonyl (C=O) groups is 1. The van der Waals surface area contributed by atoms with Crippen LogP contribution in [0, 0.1) is 5.92 Å². The normalized spacial score (nSPS) is 16.2. The number of hydrogen-bond donors (Lipinski definition) is 1. The Balaban J connectivity index is 1.45. The first-order valence-corrected chi connectivity index (χ1v) is 8.70. The highest BCUT2D eigenvalue weighted by Crippen LogP contribution is 2.19. The molecule has 128 valence electrons. The highest BCUT2D eigenvalue weighted by Gasteiger charge is 2.18. The lowest BCUT2D eigenvalue weighted by Crippen LogP contribution is -2.32. The molecule has 1 aliphatic heterocycles. The van der Waals surface area contributed by atoms with E-state index in [0.29, 0.717) is 18.7 Å². The van der Waals surface area contributed by atoms with Gasteiger partial charge in [-0.1, -0.05) is 13.0 Å². The van der Waals surface area contributed by atoms with Gasteiger partial charge in [0, 0.05) is 24.9 Å². The molecule has 3 heterocycles. The number of likely N-dealkylation sites (tertiary alicyclic amines) is 1. The van der Waals surface area contributed by atoms with Crippen molar-refractivity contribution >= 4 is 5.91 Å². The van der Waals surface area contributed by atoms with Gasteiger partial charge in [-0.3, -0.25) is 14.7 Å². The number of amides is 1. The third kappa shape index (κ3) is 4.68. The molecule has 1 N–H and O–H groups in total. The fraction of sp³-hybridized carbons (Fsp3) is 0.474. The minimum atomic E-state index is -0.163. The van der Waals surface area contributed by atoms with Gasteiger partial charge in [-0.05, 0) is 56.1 Å². The highest BCUT2D eigenvalue weighted by molar-refractivity contribution is 5.91. The maximum absolute atomic E-state index is 12.1. The van der Waals surface area contributed by atoms with Crippen molar-refractivity contribution in [2.45, 2.75) is 32.7 Å². The van der Waals surface area contributed by atoms with E-state index in [2.05, 4.69) is 22.1 Å². The molecule has 0 atom stereocenters. The molecule has 1 amide bonds. The molecule has 0 bridgehead atoms. The number of furan rings is 1. The number of piperidine rings is 1. The largest absolute Gasteiger partial charge is 0.455 e. The van der Waals surface area contributed by atoms with Crippen molar-refractivity contribution < 1.29 is 9.21 Å². The predicted molar refractivity (Wildman–Crippen MR) is 92.7 cm³/mol. The topological polar surface area (TPSA) is 58.4 Å². The molecule has 1 saturated heterocycles. The second-order valence-corrected chi connectivity index (χ2v) is 6.55. The van der Waals surface area contributed by atoms with Gasteiger partial charge in [0.25, 0.3) is 5.91 Å². The van der Waals surface area contributed by atoms with Crippen molar-refractivity contribution in [3.05, 3.63) is 53.7 Å². The SMILES string of the molecule is CC1CCN(Cc2ccc(C(=O)NCCc3ccccn3)o2)CC1. The molecule has 5 nitrogen and oxygen atoms in total. The summed E-state index contributed by atoms with van der Waals surface area (Å²) in [6.07, 6.45) is 4.95. The minimum Gasteiger partial charge on any atom is -0.455 e. The zero-order valence-corrected chi connectivity index (χ0v) is 14.2. The fourth-order valence-corrected chi connectivity index (χ4v) is 2.96. The minimum absolute atomic E-state index is 0.163. The summed E-state index contributed by atoms with van der Waals surface area (Å²) >= 11 is 0. The Morgan fingerprint density at radius 3 is 2.88 bits per heavy atom. The van der Waals surface area contributed by atoms with E-state index in [4.69, 9.17) is 4.42 Å². The van der Waals surface area contributed by atoms with Crippen molar-refractivity contribution in [3.8, 4) is 0 Å². The van der Waals surface area contributed by atoms with Gasteiger partial charge >= 0.3 is 0 Å². The Labute approximate surface area is 143 Å². The van der Waals surface area contributed by atoms with Crippen LogP contribution in [0.15, 0.2) is 40.9 Å². The Kier molecular flexibility index (Phi) is 5.64. The Bertz CT molecular complexity index is 646. The van der Waals surface area contributed by atoms with Gasteiger partial charge in [0.05, 0.1) is 6.54 Å². The monoisotopic (exact) mass is 327 g/mol. The third-order valence-electron chi connectivity index (χ3n) is 4.53. The number of rotatable bonds is 6. The summed E-state index contributed by atoms with van der Waals surface area (Å²) in [4.78, 5) is 18.8. The van der Waals surface area contributed by atoms with E-state index in [9.17, 15) is 4.79 Å². The molecule has 5 heteroatoms. The zero-order chi connectivity index (χ0) is 16.8. The molecule has 0 unspecified atom stereocenters. The van der Waals surface area contributed by atoms with Crippen LogP contribution >= 0.6 is 0 Å². The van der Waals surface area contributed by atoms with Crippen molar-refractivity contribution in [1.29, 1.82) is 0 Å². The first-order chi connectivity index (χ1) is 11.7. The van der Waals surface area contributed by atoms with Gasteiger partial charge < -0.3 is 9.73 Å². The summed E-state index contributed by atoms with van der Waals surface area (Å²) in [6, 6.07) is 9.46. The van der Waals surface area contributed by atoms with Gasteiger partial charge in [-0.25, -0.2) is 0 Å². The molecule has 0 saturated carbocycles. The van der Waals surface area contributed by atoms with Gasteiger partial charge in [0.15, 0.2) is 5.76 Å². The zero-order valence-electron chi connectivity index (χ0n) is 14.2. The van der Waals surface area contributed by atoms with Crippen molar-refractivity contribution in [2.24, 2.45) is 5.92 Å². The van der Waals surface area contributed by atoms with E-state index < -0.39 is 0 Å². The smallest absolute Gasteiger partial charge is 0.287 e. The summed E-state index contributed by atoms with van der Waals surface area (Å²) in [5.41, 5.74) is 0.970. The van der Waals surface area contributed by atoms with Crippen LogP contribution in [0.5, 0.6) is 0 Å². The van der Waals surface area contributed by atoms with Crippen molar-refractivity contribution in [2.75, 3.05) is 19.6 Å². The Morgan fingerprint density at radius 2 is 2.12 bits per heavy atom. The molecule has 0 aromatic carbocycles. The molecule has 0 spiro atoms. The summed E-state index contributed by atoms with van der Waals surface area (Å²) < 4.78 is 5.71. The lowest BCUT2D eigenvalue weighted by molar-refractivity contribution is 0.0921. The van der Waals surface area contributed by atoms with E-state index in [1.54, 1.807) is 12.3 Å². The van der Waals surface area contributed by atoms with Gasteiger partial charge in [-0.15, -0.1) is 0 Å². The van der Waals surface area contributed by atoms with E-state index in [1.807, 2.05) is 24.3 Å². The number of nitrogens with zero attached hydrogens (tertiary/aromatic N) is 2. The van der Waals surface area contributed by atoms with Crippen LogP contribution in [0.1, 0.15) is 41.8 Å². The number of pyridine rings is 1. The summed E-state index contributed by atoms with van der Waals surface area (Å²) in [5.74, 6) is 1.90. The van der Waals surface area contributed by atoms with Crippen LogP contribution in [-0.2, 0) is 13.0 Å². The van der Waals surface area contributed by atoms with Crippen molar-refractivity contribution in [1.82, 2.24) is 15.2 Å². The molecule has 2 aromatic heterocycles. The first kappa shape index (κ1) is 16.7. The average Bonchev–Trinajstić information content (AvgIpc) is 3.06. The molecule has 2 aromatic rings. The summed E-state index contributed by atoms with van der Waals surface area (Å²) in [7, 11) is 0. The Hall–Kier alpha value is -2.14. The molecule has 0 radical (unpaired) electrons. The molecular weight excluding hydrogens is 302 g/mol. The molecule has 1 fully saturated rings. The first-order valence-electron chi connectivity index (χ1n) is 8.70. The highest BCUT2D eigenvalue weighted by atomic mass is 16.4. The lowest BCUT2D eigenvalue weighted by Gasteiger charge is -2.29. The van der Waals surface area contributed by atoms with Crippen LogP contribution in [0.25, 0.3) is 0 Å². The number of aromatic nitrogens is 1. The van der Waals surface area contributed by atoms with Crippen LogP contribution < -0.4 is 5.32 Å². The van der Waals surface area contributed by atoms with E-state index in [-0.39, 0.29) is 5.91 Å². The van der Waals surface area contributed by atoms with Crippen LogP contribution in [0.2, 0.25) is 0 Å². The maximum atomic E-state index is 12.1. The molecular formula is C19H25N3O2. The lowest BCUT2D eigenvalue weighted by atomic mass is 9.99. The van der Waals surface area contributed by atoms with Crippen LogP contribution in [-0.4, -0.2) is 35.4 Å². The molecule has 24 heavy (non-hydrogen) atoms. The van der Waals surface area contributed by atoms with Crippen molar-refractivity contribution in [3.63, 3.8) is 0 Å². The van der Waals surface area contributed by atoms with E-state index >= 15 is 0 Å². The number of carbonyl (C=O) groups excluding carboxylic acids is 1. The van der Waals surface area contributed by atoms with Crippen LogP contribution in [0.4, 0.5) is 0 Å². The number of hydrogen-bond acceptors (Lipinski definition) is 4. The fourth-order valence-electron chi connectivity index (χ4n) is 2.96. The second-order valence-electron chi connectivity index (χ2n) is 6.55. The average molecular weight is 327 g/mol. The van der Waals surface area contributed by atoms with Gasteiger partial charge in [-0.2, -0.15) is 0 Å². The predicted octanol–water partition coefficient (Wildman–Crippen LogP) is 2.88. The second kappa shape index (κ2) is 8.11. The summed E-state index contributed by atoms with van der Waals surface area (Å²) in [6.45, 7) is 5.85. The maximum Gasteiger partial charge on any atom is 0.287 e. The molecule has 0 aliphatic carbocycles.